The molecule has 0 bridgehead atoms. The molecule has 0 saturated carbocycles. The van der Waals surface area contributed by atoms with Crippen LogP contribution in [0, 0.1) is 11.3 Å². The van der Waals surface area contributed by atoms with Gasteiger partial charge in [-0.3, -0.25) is 4.90 Å². The van der Waals surface area contributed by atoms with Crippen molar-refractivity contribution in [3.8, 4) is 6.07 Å². The highest BCUT2D eigenvalue weighted by Crippen LogP contribution is 2.19. The lowest BCUT2D eigenvalue weighted by atomic mass is 10.0. The predicted octanol–water partition coefficient (Wildman–Crippen LogP) is 3.90. The maximum absolute atomic E-state index is 8.50. The maximum Gasteiger partial charge on any atom is 0.0621 e. The average Bonchev–Trinajstić information content (AvgIpc) is 2.46. The monoisotopic (exact) mass is 254 g/mol. The minimum Gasteiger partial charge on any atom is -0.298 e. The van der Waals surface area contributed by atoms with Gasteiger partial charge >= 0.3 is 0 Å². The molecule has 1 aliphatic rings. The molecule has 0 spiro atoms. The van der Waals surface area contributed by atoms with Gasteiger partial charge in [0.15, 0.2) is 0 Å². The molecule has 1 saturated heterocycles. The topological polar surface area (TPSA) is 27.0 Å². The Morgan fingerprint density at radius 3 is 2.58 bits per heavy atom. The van der Waals surface area contributed by atoms with Gasteiger partial charge in [0.05, 0.1) is 6.07 Å². The van der Waals surface area contributed by atoms with Crippen LogP contribution in [0.25, 0.3) is 0 Å². The molecule has 0 atom stereocenters. The second-order valence-electron chi connectivity index (χ2n) is 5.17. The second-order valence-corrected chi connectivity index (χ2v) is 5.17. The van der Waals surface area contributed by atoms with E-state index in [-0.39, 0.29) is 0 Å². The third-order valence-electron chi connectivity index (χ3n) is 3.67. The summed E-state index contributed by atoms with van der Waals surface area (Å²) in [4.78, 5) is 2.53. The van der Waals surface area contributed by atoms with Crippen LogP contribution in [0.4, 0.5) is 0 Å². The van der Waals surface area contributed by atoms with Gasteiger partial charge in [-0.05, 0) is 31.2 Å². The smallest absolute Gasteiger partial charge is 0.0621 e. The summed E-state index contributed by atoms with van der Waals surface area (Å²) < 4.78 is 0. The highest BCUT2D eigenvalue weighted by Gasteiger charge is 2.13. The zero-order valence-electron chi connectivity index (χ0n) is 11.5. The number of rotatable bonds is 5. The van der Waals surface area contributed by atoms with Crippen molar-refractivity contribution >= 4 is 0 Å². The third kappa shape index (κ3) is 4.89. The molecule has 0 amide bonds. The Hall–Kier alpha value is -1.59. The van der Waals surface area contributed by atoms with E-state index in [2.05, 4.69) is 47.4 Å². The molecule has 0 N–H and O–H groups in total. The number of allylic oxidation sites excluding steroid dienone is 1. The predicted molar refractivity (Wildman–Crippen MR) is 78.5 cm³/mol. The number of nitriles is 1. The van der Waals surface area contributed by atoms with Crippen LogP contribution in [0.2, 0.25) is 0 Å². The summed E-state index contributed by atoms with van der Waals surface area (Å²) in [7, 11) is 0. The Balaban J connectivity index is 1.72. The van der Waals surface area contributed by atoms with Crippen LogP contribution in [0.1, 0.15) is 37.7 Å². The Kier molecular flexibility index (Phi) is 5.65. The van der Waals surface area contributed by atoms with Crippen LogP contribution < -0.4 is 0 Å². The van der Waals surface area contributed by atoms with Crippen LogP contribution in [0.3, 0.4) is 0 Å². The first-order valence-electron chi connectivity index (χ1n) is 7.19. The zero-order chi connectivity index (χ0) is 13.3. The van der Waals surface area contributed by atoms with Gasteiger partial charge in [0.1, 0.15) is 0 Å². The Labute approximate surface area is 116 Å². The first kappa shape index (κ1) is 13.8. The lowest BCUT2D eigenvalue weighted by Gasteiger charge is -2.28. The summed E-state index contributed by atoms with van der Waals surface area (Å²) in [5.74, 6) is 0. The molecular formula is C17H22N2. The van der Waals surface area contributed by atoms with Crippen molar-refractivity contribution in [1.82, 2.24) is 4.90 Å². The normalized spacial score (nSPS) is 16.1. The highest BCUT2D eigenvalue weighted by atomic mass is 15.1. The summed E-state index contributed by atoms with van der Waals surface area (Å²) in [6.45, 7) is 3.40. The SMILES string of the molecule is N#CCCCC=C1CCN(Cc2ccccc2)CC1. The van der Waals surface area contributed by atoms with Crippen molar-refractivity contribution in [3.63, 3.8) is 0 Å². The molecule has 100 valence electrons. The second kappa shape index (κ2) is 7.76. The third-order valence-corrected chi connectivity index (χ3v) is 3.67. The van der Waals surface area contributed by atoms with Crippen molar-refractivity contribution < 1.29 is 0 Å². The van der Waals surface area contributed by atoms with E-state index >= 15 is 0 Å². The molecule has 0 aliphatic carbocycles. The number of unbranched alkanes of at least 4 members (excludes halogenated alkanes) is 2. The van der Waals surface area contributed by atoms with Crippen LogP contribution in [0.5, 0.6) is 0 Å². The fourth-order valence-corrected chi connectivity index (χ4v) is 2.53. The van der Waals surface area contributed by atoms with Gasteiger partial charge in [0.25, 0.3) is 0 Å². The standard InChI is InChI=1S/C17H22N2/c18-12-6-2-5-7-16-10-13-19(14-11-16)15-17-8-3-1-4-9-17/h1,3-4,7-9H,2,5-6,10-11,13-15H2. The van der Waals surface area contributed by atoms with Gasteiger partial charge < -0.3 is 0 Å². The lowest BCUT2D eigenvalue weighted by Crippen LogP contribution is -2.30. The number of hydrogen-bond donors (Lipinski definition) is 0. The number of hydrogen-bond acceptors (Lipinski definition) is 2. The van der Waals surface area contributed by atoms with Crippen LogP contribution in [-0.4, -0.2) is 18.0 Å². The molecule has 0 aromatic heterocycles. The van der Waals surface area contributed by atoms with E-state index in [1.807, 2.05) is 0 Å². The quantitative estimate of drug-likeness (QED) is 0.588. The summed E-state index contributed by atoms with van der Waals surface area (Å²) in [5, 5.41) is 8.50. The van der Waals surface area contributed by atoms with Crippen molar-refractivity contribution in [2.75, 3.05) is 13.1 Å². The van der Waals surface area contributed by atoms with Crippen LogP contribution >= 0.6 is 0 Å². The Bertz CT molecular complexity index is 432. The van der Waals surface area contributed by atoms with Gasteiger partial charge in [0, 0.05) is 26.1 Å². The largest absolute Gasteiger partial charge is 0.298 e. The van der Waals surface area contributed by atoms with Gasteiger partial charge in [0.2, 0.25) is 0 Å². The summed E-state index contributed by atoms with van der Waals surface area (Å²) in [5.41, 5.74) is 2.99. The van der Waals surface area contributed by atoms with Gasteiger partial charge in [-0.25, -0.2) is 0 Å². The molecule has 2 nitrogen and oxygen atoms in total. The van der Waals surface area contributed by atoms with Gasteiger partial charge in [-0.1, -0.05) is 42.0 Å². The lowest BCUT2D eigenvalue weighted by molar-refractivity contribution is 0.248. The molecule has 1 aliphatic heterocycles. The molecule has 0 radical (unpaired) electrons. The van der Waals surface area contributed by atoms with Crippen molar-refractivity contribution in [3.05, 3.63) is 47.5 Å². The molecule has 1 fully saturated rings. The fourth-order valence-electron chi connectivity index (χ4n) is 2.53. The van der Waals surface area contributed by atoms with Gasteiger partial charge in [-0.15, -0.1) is 0 Å². The zero-order valence-corrected chi connectivity index (χ0v) is 11.5. The van der Waals surface area contributed by atoms with E-state index in [0.717, 1.165) is 19.4 Å². The van der Waals surface area contributed by atoms with Crippen molar-refractivity contribution in [2.24, 2.45) is 0 Å². The molecule has 2 rings (SSSR count). The minimum absolute atomic E-state index is 0.684. The molecular weight excluding hydrogens is 232 g/mol. The van der Waals surface area contributed by atoms with E-state index in [4.69, 9.17) is 5.26 Å². The summed E-state index contributed by atoms with van der Waals surface area (Å²) >= 11 is 0. The molecule has 19 heavy (non-hydrogen) atoms. The first-order valence-corrected chi connectivity index (χ1v) is 7.19. The summed E-state index contributed by atoms with van der Waals surface area (Å²) in [6.07, 6.45) is 7.51. The average molecular weight is 254 g/mol. The molecule has 1 heterocycles. The fraction of sp³-hybridized carbons (Fsp3) is 0.471. The number of benzene rings is 1. The molecule has 1 aromatic carbocycles. The van der Waals surface area contributed by atoms with E-state index in [0.29, 0.717) is 6.42 Å². The maximum atomic E-state index is 8.50. The van der Waals surface area contributed by atoms with Crippen LogP contribution in [0.15, 0.2) is 42.0 Å². The number of likely N-dealkylation sites (tertiary alicyclic amines) is 1. The van der Waals surface area contributed by atoms with Crippen molar-refractivity contribution in [1.29, 1.82) is 5.26 Å². The van der Waals surface area contributed by atoms with Crippen molar-refractivity contribution in [2.45, 2.75) is 38.6 Å². The minimum atomic E-state index is 0.684. The van der Waals surface area contributed by atoms with Crippen LogP contribution in [-0.2, 0) is 6.54 Å². The van der Waals surface area contributed by atoms with Gasteiger partial charge in [-0.2, -0.15) is 5.26 Å². The molecule has 0 unspecified atom stereocenters. The summed E-state index contributed by atoms with van der Waals surface area (Å²) in [6, 6.07) is 12.9. The van der Waals surface area contributed by atoms with E-state index in [1.165, 1.54) is 31.5 Å². The van der Waals surface area contributed by atoms with E-state index in [1.54, 1.807) is 5.57 Å². The Morgan fingerprint density at radius 1 is 1.16 bits per heavy atom. The number of piperidine rings is 1. The van der Waals surface area contributed by atoms with E-state index < -0.39 is 0 Å². The molecule has 1 aromatic rings. The molecule has 2 heteroatoms. The Morgan fingerprint density at radius 2 is 1.89 bits per heavy atom. The first-order chi connectivity index (χ1) is 9.38. The number of nitrogens with zero attached hydrogens (tertiary/aromatic N) is 2. The van der Waals surface area contributed by atoms with E-state index in [9.17, 15) is 0 Å². The highest BCUT2D eigenvalue weighted by molar-refractivity contribution is 5.15.